The Kier molecular flexibility index (Phi) is 9.35. The molecule has 0 unspecified atom stereocenters. The predicted octanol–water partition coefficient (Wildman–Crippen LogP) is 4.84. The molecule has 3 atom stereocenters. The van der Waals surface area contributed by atoms with Crippen LogP contribution in [0.1, 0.15) is 48.8 Å². The van der Waals surface area contributed by atoms with Crippen LogP contribution >= 0.6 is 0 Å². The minimum atomic E-state index is -4.70. The van der Waals surface area contributed by atoms with Crippen LogP contribution in [0.15, 0.2) is 47.5 Å². The van der Waals surface area contributed by atoms with E-state index in [-0.39, 0.29) is 6.54 Å². The average molecular weight is 612 g/mol. The maximum Gasteiger partial charge on any atom is 0.389 e. The fourth-order valence-electron chi connectivity index (χ4n) is 5.46. The Bertz CT molecular complexity index is 1410. The van der Waals surface area contributed by atoms with Crippen molar-refractivity contribution in [3.63, 3.8) is 0 Å². The van der Waals surface area contributed by atoms with E-state index in [0.29, 0.717) is 34.8 Å². The third-order valence-electron chi connectivity index (χ3n) is 7.44. The Morgan fingerprint density at radius 1 is 1.05 bits per heavy atom. The lowest BCUT2D eigenvalue weighted by molar-refractivity contribution is -0.147. The number of rotatable bonds is 10. The van der Waals surface area contributed by atoms with Crippen LogP contribution < -0.4 is 21.3 Å². The van der Waals surface area contributed by atoms with Gasteiger partial charge in [0.25, 0.3) is 5.91 Å². The normalized spacial score (nSPS) is 18.1. The zero-order chi connectivity index (χ0) is 31.5. The van der Waals surface area contributed by atoms with E-state index >= 15 is 0 Å². The first-order valence-corrected chi connectivity index (χ1v) is 13.7. The molecule has 0 bridgehead atoms. The summed E-state index contributed by atoms with van der Waals surface area (Å²) < 4.78 is 77.8. The number of alkyl halides is 6. The van der Waals surface area contributed by atoms with Crippen LogP contribution in [0.3, 0.4) is 0 Å². The average Bonchev–Trinajstić information content (AvgIpc) is 3.03. The highest BCUT2D eigenvalue weighted by Crippen LogP contribution is 2.37. The minimum Gasteiger partial charge on any atom is -0.382 e. The van der Waals surface area contributed by atoms with Gasteiger partial charge in [-0.3, -0.25) is 14.4 Å². The van der Waals surface area contributed by atoms with Gasteiger partial charge >= 0.3 is 12.4 Å². The smallest absolute Gasteiger partial charge is 0.382 e. The number of nitrogens with zero attached hydrogens (tertiary/aromatic N) is 2. The summed E-state index contributed by atoms with van der Waals surface area (Å²) in [6.07, 6.45) is -15.8. The molecule has 43 heavy (non-hydrogen) atoms. The van der Waals surface area contributed by atoms with Crippen LogP contribution in [0.4, 0.5) is 37.7 Å². The summed E-state index contributed by atoms with van der Waals surface area (Å²) in [7, 11) is 0. The lowest BCUT2D eigenvalue weighted by Crippen LogP contribution is -2.52. The van der Waals surface area contributed by atoms with Crippen molar-refractivity contribution in [2.75, 3.05) is 23.3 Å². The monoisotopic (exact) mass is 611 g/mol. The molecule has 14 heteroatoms. The van der Waals surface area contributed by atoms with Crippen molar-refractivity contribution in [3.8, 4) is 0 Å². The van der Waals surface area contributed by atoms with Crippen molar-refractivity contribution in [1.29, 1.82) is 0 Å². The molecule has 0 saturated carbocycles. The Morgan fingerprint density at radius 2 is 1.74 bits per heavy atom. The molecular formula is C29H31F6N5O3. The molecule has 3 amide bonds. The summed E-state index contributed by atoms with van der Waals surface area (Å²) >= 11 is 0. The molecule has 8 nitrogen and oxygen atoms in total. The van der Waals surface area contributed by atoms with Gasteiger partial charge in [-0.2, -0.15) is 26.3 Å². The van der Waals surface area contributed by atoms with E-state index in [0.717, 1.165) is 5.56 Å². The zero-order valence-corrected chi connectivity index (χ0v) is 23.2. The van der Waals surface area contributed by atoms with Crippen molar-refractivity contribution < 1.29 is 40.7 Å². The van der Waals surface area contributed by atoms with E-state index < -0.39 is 80.2 Å². The van der Waals surface area contributed by atoms with Crippen LogP contribution in [-0.2, 0) is 14.4 Å². The third-order valence-corrected chi connectivity index (χ3v) is 7.44. The van der Waals surface area contributed by atoms with Crippen molar-refractivity contribution in [2.45, 2.75) is 57.5 Å². The number of para-hydroxylation sites is 1. The number of amides is 3. The van der Waals surface area contributed by atoms with Gasteiger partial charge in [-0.05, 0) is 38.3 Å². The van der Waals surface area contributed by atoms with Crippen LogP contribution in [-0.4, -0.2) is 55.0 Å². The Hall–Kier alpha value is -4.10. The van der Waals surface area contributed by atoms with Crippen molar-refractivity contribution in [1.82, 2.24) is 5.32 Å². The van der Waals surface area contributed by atoms with E-state index in [2.05, 4.69) is 15.6 Å². The Morgan fingerprint density at radius 3 is 2.40 bits per heavy atom. The zero-order valence-electron chi connectivity index (χ0n) is 23.2. The quantitative estimate of drug-likeness (QED) is 0.334. The number of aliphatic imine (C=N–C) groups is 1. The highest BCUT2D eigenvalue weighted by Gasteiger charge is 2.41. The number of nitrogens with two attached hydrogens (primary N) is 1. The first kappa shape index (κ1) is 31.8. The molecule has 0 radical (unpaired) electrons. The lowest BCUT2D eigenvalue weighted by atomic mass is 9.83. The summed E-state index contributed by atoms with van der Waals surface area (Å²) in [5.74, 6) is -6.37. The van der Waals surface area contributed by atoms with Crippen LogP contribution in [0.25, 0.3) is 0 Å². The highest BCUT2D eigenvalue weighted by molar-refractivity contribution is 6.22. The molecule has 0 aromatic heterocycles. The number of carbonyl (C=O) groups is 3. The summed E-state index contributed by atoms with van der Waals surface area (Å²) in [5, 5.41) is 5.66. The highest BCUT2D eigenvalue weighted by atomic mass is 19.4. The number of benzene rings is 2. The molecule has 2 heterocycles. The van der Waals surface area contributed by atoms with Gasteiger partial charge in [0, 0.05) is 48.9 Å². The van der Waals surface area contributed by atoms with Crippen LogP contribution in [0.2, 0.25) is 0 Å². The number of halogens is 6. The standard InChI is InChI=1S/C29H31F6N5O3/c1-16-5-2-6-17(15-16)22-20-7-3-9-21-23(20)40(14-13-37-21)27(43)25(38-22)39-26(42)19(8-4-11-28(30,31)32)18(24(36)41)10-12-29(33,34)35/h2-3,5-7,9,15,18-19,25,37H,4,8,10-14H2,1H3,(H2,36,41)(H,39,42)/t18-,19+,25+/m0/s1. The molecule has 0 saturated heterocycles. The largest absolute Gasteiger partial charge is 0.389 e. The molecule has 2 aliphatic heterocycles. The second-order valence-corrected chi connectivity index (χ2v) is 10.7. The number of primary amides is 1. The molecule has 4 rings (SSSR count). The van der Waals surface area contributed by atoms with E-state index in [9.17, 15) is 40.7 Å². The van der Waals surface area contributed by atoms with Crippen LogP contribution in [0.5, 0.6) is 0 Å². The SMILES string of the molecule is Cc1cccc(C2=N[C@H](NC(=O)[C@H](CCCC(F)(F)F)[C@H](CCC(F)(F)F)C(N)=O)C(=O)N3CCNc4cccc2c43)c1. The third kappa shape index (κ3) is 7.85. The van der Waals surface area contributed by atoms with Gasteiger partial charge < -0.3 is 21.3 Å². The number of anilines is 2. The summed E-state index contributed by atoms with van der Waals surface area (Å²) in [4.78, 5) is 45.7. The molecule has 2 aromatic carbocycles. The van der Waals surface area contributed by atoms with Crippen molar-refractivity contribution in [2.24, 2.45) is 22.6 Å². The predicted molar refractivity (Wildman–Crippen MR) is 147 cm³/mol. The Labute approximate surface area is 243 Å². The molecule has 0 aliphatic carbocycles. The van der Waals surface area contributed by atoms with Gasteiger partial charge in [0.2, 0.25) is 18.0 Å². The summed E-state index contributed by atoms with van der Waals surface area (Å²) in [6, 6.07) is 12.5. The second-order valence-electron chi connectivity index (χ2n) is 10.7. The minimum absolute atomic E-state index is 0.205. The van der Waals surface area contributed by atoms with Crippen molar-refractivity contribution in [3.05, 3.63) is 59.2 Å². The topological polar surface area (TPSA) is 117 Å². The maximum atomic E-state index is 13.8. The van der Waals surface area contributed by atoms with E-state index in [4.69, 9.17) is 5.73 Å². The van der Waals surface area contributed by atoms with E-state index in [1.807, 2.05) is 19.1 Å². The maximum absolute atomic E-state index is 13.8. The lowest BCUT2D eigenvalue weighted by Gasteiger charge is -2.32. The van der Waals surface area contributed by atoms with Crippen molar-refractivity contribution >= 4 is 34.8 Å². The number of aryl methyl sites for hydroxylation is 1. The molecular weight excluding hydrogens is 580 g/mol. The number of hydrogen-bond acceptors (Lipinski definition) is 5. The Balaban J connectivity index is 1.73. The van der Waals surface area contributed by atoms with E-state index in [1.165, 1.54) is 4.90 Å². The first-order valence-electron chi connectivity index (χ1n) is 13.7. The van der Waals surface area contributed by atoms with Gasteiger partial charge in [-0.15, -0.1) is 0 Å². The van der Waals surface area contributed by atoms with Gasteiger partial charge in [0.15, 0.2) is 0 Å². The number of hydrogen-bond donors (Lipinski definition) is 3. The second kappa shape index (κ2) is 12.6. The van der Waals surface area contributed by atoms with Gasteiger partial charge in [0.1, 0.15) is 0 Å². The fraction of sp³-hybridized carbons (Fsp3) is 0.448. The molecule has 2 aliphatic rings. The van der Waals surface area contributed by atoms with Gasteiger partial charge in [0.05, 0.1) is 17.1 Å². The van der Waals surface area contributed by atoms with Gasteiger partial charge in [-0.1, -0.05) is 35.9 Å². The molecule has 4 N–H and O–H groups in total. The molecule has 0 fully saturated rings. The number of nitrogens with one attached hydrogen (secondary N) is 2. The molecule has 0 spiro atoms. The first-order chi connectivity index (χ1) is 20.1. The molecule has 2 aromatic rings. The van der Waals surface area contributed by atoms with Gasteiger partial charge in [-0.25, -0.2) is 4.99 Å². The fourth-order valence-corrected chi connectivity index (χ4v) is 5.46. The summed E-state index contributed by atoms with van der Waals surface area (Å²) in [5.41, 5.74) is 8.98. The molecule has 232 valence electrons. The van der Waals surface area contributed by atoms with Crippen LogP contribution in [0, 0.1) is 18.8 Å². The van der Waals surface area contributed by atoms with E-state index in [1.54, 1.807) is 30.3 Å². The number of carbonyl (C=O) groups excluding carboxylic acids is 3. The summed E-state index contributed by atoms with van der Waals surface area (Å²) in [6.45, 7) is 2.44.